The number of halogens is 4. The van der Waals surface area contributed by atoms with Gasteiger partial charge in [0.2, 0.25) is 11.7 Å². The summed E-state index contributed by atoms with van der Waals surface area (Å²) in [4.78, 5) is 18.8. The first-order valence-corrected chi connectivity index (χ1v) is 13.7. The number of nitrogens with zero attached hydrogens (tertiary/aromatic N) is 5. The van der Waals surface area contributed by atoms with E-state index in [0.29, 0.717) is 48.3 Å². The van der Waals surface area contributed by atoms with Crippen LogP contribution in [0.5, 0.6) is 0 Å². The summed E-state index contributed by atoms with van der Waals surface area (Å²) in [5, 5.41) is 10.3. The molecular weight excluding hydrogens is 558 g/mol. The van der Waals surface area contributed by atoms with Crippen LogP contribution in [0.4, 0.5) is 23.2 Å². The minimum Gasteiger partial charge on any atom is -0.383 e. The van der Waals surface area contributed by atoms with Crippen LogP contribution in [-0.2, 0) is 24.4 Å². The van der Waals surface area contributed by atoms with Crippen LogP contribution in [0.2, 0.25) is 0 Å². The Hall–Kier alpha value is -3.91. The molecule has 14 heteroatoms. The van der Waals surface area contributed by atoms with E-state index in [4.69, 9.17) is 9.26 Å². The summed E-state index contributed by atoms with van der Waals surface area (Å²) in [6.07, 6.45) is -1.65. The van der Waals surface area contributed by atoms with E-state index in [9.17, 15) is 22.4 Å². The van der Waals surface area contributed by atoms with Gasteiger partial charge in [0, 0.05) is 50.2 Å². The Morgan fingerprint density at radius 2 is 2.10 bits per heavy atom. The zero-order valence-corrected chi connectivity index (χ0v) is 23.3. The molecule has 3 aromatic heterocycles. The summed E-state index contributed by atoms with van der Waals surface area (Å²) in [7, 11) is 1.59. The van der Waals surface area contributed by atoms with Gasteiger partial charge in [-0.15, -0.1) is 0 Å². The molecule has 1 fully saturated rings. The van der Waals surface area contributed by atoms with E-state index in [-0.39, 0.29) is 29.9 Å². The molecule has 0 aliphatic carbocycles. The van der Waals surface area contributed by atoms with Gasteiger partial charge in [0.15, 0.2) is 0 Å². The fraction of sp³-hybridized carbons (Fsp3) is 0.464. The minimum absolute atomic E-state index is 0.0299. The highest BCUT2D eigenvalue weighted by molar-refractivity contribution is 5.96. The van der Waals surface area contributed by atoms with Crippen LogP contribution in [0.3, 0.4) is 0 Å². The zero-order valence-electron chi connectivity index (χ0n) is 23.3. The van der Waals surface area contributed by atoms with Crippen LogP contribution in [0.15, 0.2) is 47.2 Å². The molecule has 5 rings (SSSR count). The Labute approximate surface area is 239 Å². The lowest BCUT2D eigenvalue weighted by Gasteiger charge is -2.35. The lowest BCUT2D eigenvalue weighted by atomic mass is 10.0. The van der Waals surface area contributed by atoms with Crippen molar-refractivity contribution in [1.29, 1.82) is 0 Å². The van der Waals surface area contributed by atoms with Crippen LogP contribution >= 0.6 is 0 Å². The van der Waals surface area contributed by atoms with E-state index in [1.165, 1.54) is 0 Å². The third kappa shape index (κ3) is 6.76. The molecule has 1 aliphatic rings. The van der Waals surface area contributed by atoms with Gasteiger partial charge in [0.1, 0.15) is 12.7 Å². The number of ether oxygens (including phenoxy) is 1. The van der Waals surface area contributed by atoms with Gasteiger partial charge in [-0.25, -0.2) is 4.39 Å². The smallest absolute Gasteiger partial charge is 0.383 e. The molecule has 2 atom stereocenters. The zero-order chi connectivity index (χ0) is 29.9. The van der Waals surface area contributed by atoms with E-state index < -0.39 is 24.9 Å². The van der Waals surface area contributed by atoms with Crippen molar-refractivity contribution in [2.24, 2.45) is 0 Å². The molecule has 42 heavy (non-hydrogen) atoms. The molecule has 226 valence electrons. The number of nitrogens with one attached hydrogen (secondary N) is 2. The number of likely N-dealkylation sites (tertiary alicyclic amines) is 1. The predicted octanol–water partition coefficient (Wildman–Crippen LogP) is 4.48. The standard InChI is InChI=1S/C28H33F4N7O3/c1-3-37-10-8-22(20(29)16-37)34-21-5-4-6-23-19(21)13-24(39(23)17-28(30,31)32)26-35-25(42-36-26)14-33-27(40)18-7-9-38(15-18)11-12-41-2/h4-7,9,13,15,20,22,34H,3,8,10-12,14,16-17H2,1-2H3,(H,33,40)/t20-,22+/m0/s1. The number of hydrogen-bond donors (Lipinski definition) is 2. The Morgan fingerprint density at radius 1 is 1.26 bits per heavy atom. The number of aromatic nitrogens is 4. The second kappa shape index (κ2) is 12.5. The molecule has 1 aromatic carbocycles. The number of amides is 1. The third-order valence-corrected chi connectivity index (χ3v) is 7.36. The molecule has 0 bridgehead atoms. The van der Waals surface area contributed by atoms with Crippen LogP contribution in [0.25, 0.3) is 22.4 Å². The van der Waals surface area contributed by atoms with E-state index in [1.807, 2.05) is 16.4 Å². The van der Waals surface area contributed by atoms with Crippen LogP contribution < -0.4 is 10.6 Å². The van der Waals surface area contributed by atoms with Crippen LogP contribution in [0, 0.1) is 0 Å². The van der Waals surface area contributed by atoms with Crippen molar-refractivity contribution in [2.75, 3.05) is 38.7 Å². The molecule has 0 saturated carbocycles. The number of anilines is 1. The maximum absolute atomic E-state index is 14.9. The number of rotatable bonds is 11. The summed E-state index contributed by atoms with van der Waals surface area (Å²) in [6.45, 7) is 3.45. The Bertz CT molecular complexity index is 1510. The molecule has 0 spiro atoms. The van der Waals surface area contributed by atoms with Gasteiger partial charge in [-0.3, -0.25) is 4.79 Å². The molecule has 0 radical (unpaired) electrons. The van der Waals surface area contributed by atoms with Gasteiger partial charge < -0.3 is 33.9 Å². The van der Waals surface area contributed by atoms with Gasteiger partial charge in [-0.2, -0.15) is 18.2 Å². The van der Waals surface area contributed by atoms with Crippen molar-refractivity contribution in [1.82, 2.24) is 29.5 Å². The van der Waals surface area contributed by atoms with Crippen molar-refractivity contribution < 1.29 is 31.6 Å². The Morgan fingerprint density at radius 3 is 2.83 bits per heavy atom. The molecular formula is C28H33F4N7O3. The van der Waals surface area contributed by atoms with Crippen LogP contribution in [-0.4, -0.2) is 81.8 Å². The third-order valence-electron chi connectivity index (χ3n) is 7.36. The van der Waals surface area contributed by atoms with Gasteiger partial charge in [-0.05, 0) is 37.2 Å². The number of benzene rings is 1. The van der Waals surface area contributed by atoms with Crippen molar-refractivity contribution in [2.45, 2.75) is 51.4 Å². The second-order valence-electron chi connectivity index (χ2n) is 10.2. The second-order valence-corrected chi connectivity index (χ2v) is 10.2. The first-order valence-electron chi connectivity index (χ1n) is 13.7. The highest BCUT2D eigenvalue weighted by Crippen LogP contribution is 2.35. The van der Waals surface area contributed by atoms with E-state index in [1.54, 1.807) is 49.8 Å². The van der Waals surface area contributed by atoms with E-state index in [2.05, 4.69) is 20.8 Å². The van der Waals surface area contributed by atoms with Gasteiger partial charge in [0.25, 0.3) is 5.91 Å². The van der Waals surface area contributed by atoms with E-state index in [0.717, 1.165) is 17.7 Å². The maximum atomic E-state index is 14.9. The minimum atomic E-state index is -4.53. The molecule has 1 aliphatic heterocycles. The Balaban J connectivity index is 1.37. The normalized spacial score (nSPS) is 18.0. The molecule has 1 saturated heterocycles. The lowest BCUT2D eigenvalue weighted by Crippen LogP contribution is -2.47. The SMILES string of the molecule is CCN1CC[C@@H](Nc2cccc3c2cc(-c2noc(CNC(=O)c4ccn(CCOC)c4)n2)n3CC(F)(F)F)[C@@H](F)C1. The number of carbonyl (C=O) groups excluding carboxylic acids is 1. The number of carbonyl (C=O) groups is 1. The average Bonchev–Trinajstić information content (AvgIpc) is 3.70. The van der Waals surface area contributed by atoms with Crippen molar-refractivity contribution in [3.05, 3.63) is 54.2 Å². The summed E-state index contributed by atoms with van der Waals surface area (Å²) in [5.74, 6) is -0.401. The van der Waals surface area contributed by atoms with Crippen molar-refractivity contribution in [3.63, 3.8) is 0 Å². The average molecular weight is 592 g/mol. The number of fused-ring (bicyclic) bond motifs is 1. The summed E-state index contributed by atoms with van der Waals surface area (Å²) in [6, 6.07) is 7.67. The quantitative estimate of drug-likeness (QED) is 0.248. The molecule has 4 aromatic rings. The number of piperidine rings is 1. The molecule has 10 nitrogen and oxygen atoms in total. The molecule has 0 unspecified atom stereocenters. The summed E-state index contributed by atoms with van der Waals surface area (Å²) in [5.41, 5.74) is 1.34. The molecule has 4 heterocycles. The van der Waals surface area contributed by atoms with Crippen LogP contribution in [0.1, 0.15) is 29.6 Å². The molecule has 2 N–H and O–H groups in total. The first kappa shape index (κ1) is 29.6. The van der Waals surface area contributed by atoms with E-state index >= 15 is 0 Å². The monoisotopic (exact) mass is 591 g/mol. The first-order chi connectivity index (χ1) is 20.1. The van der Waals surface area contributed by atoms with Crippen molar-refractivity contribution >= 4 is 22.5 Å². The molecule has 1 amide bonds. The van der Waals surface area contributed by atoms with Gasteiger partial charge in [0.05, 0.1) is 36.0 Å². The fourth-order valence-corrected chi connectivity index (χ4v) is 5.16. The number of hydrogen-bond acceptors (Lipinski definition) is 7. The fourth-order valence-electron chi connectivity index (χ4n) is 5.16. The Kier molecular flexibility index (Phi) is 8.82. The number of methoxy groups -OCH3 is 1. The highest BCUT2D eigenvalue weighted by atomic mass is 19.4. The largest absolute Gasteiger partial charge is 0.406 e. The summed E-state index contributed by atoms with van der Waals surface area (Å²) < 4.78 is 69.1. The highest BCUT2D eigenvalue weighted by Gasteiger charge is 2.32. The summed E-state index contributed by atoms with van der Waals surface area (Å²) >= 11 is 0. The van der Waals surface area contributed by atoms with Crippen molar-refractivity contribution in [3.8, 4) is 11.5 Å². The maximum Gasteiger partial charge on any atom is 0.406 e. The van der Waals surface area contributed by atoms with Gasteiger partial charge >= 0.3 is 6.18 Å². The van der Waals surface area contributed by atoms with Gasteiger partial charge in [-0.1, -0.05) is 18.1 Å². The lowest BCUT2D eigenvalue weighted by molar-refractivity contribution is -0.139. The predicted molar refractivity (Wildman–Crippen MR) is 148 cm³/mol. The topological polar surface area (TPSA) is 102 Å². The number of alkyl halides is 4.